The zero-order valence-corrected chi connectivity index (χ0v) is 14.3. The van der Waals surface area contributed by atoms with Crippen LogP contribution in [0, 0.1) is 0 Å². The third-order valence-corrected chi connectivity index (χ3v) is 4.25. The maximum Gasteiger partial charge on any atom is 0.148 e. The summed E-state index contributed by atoms with van der Waals surface area (Å²) in [6.07, 6.45) is 0. The molecule has 2 aromatic rings. The van der Waals surface area contributed by atoms with E-state index < -0.39 is 0 Å². The van der Waals surface area contributed by atoms with Crippen molar-refractivity contribution in [1.29, 1.82) is 0 Å². The van der Waals surface area contributed by atoms with Gasteiger partial charge in [-0.05, 0) is 39.7 Å². The number of benzene rings is 2. The predicted molar refractivity (Wildman–Crippen MR) is 92.9 cm³/mol. The fourth-order valence-electron chi connectivity index (χ4n) is 1.99. The number of oxime groups is 1. The molecule has 0 aromatic heterocycles. The second kappa shape index (κ2) is 7.47. The quantitative estimate of drug-likeness (QED) is 0.299. The van der Waals surface area contributed by atoms with Gasteiger partial charge >= 0.3 is 0 Å². The predicted octanol–water partition coefficient (Wildman–Crippen LogP) is 4.15. The number of nitrogens with one attached hydrogen (secondary N) is 1. The Morgan fingerprint density at radius 1 is 1.19 bits per heavy atom. The Morgan fingerprint density at radius 2 is 1.90 bits per heavy atom. The zero-order chi connectivity index (χ0) is 15.2. The fraction of sp³-hybridized carbons (Fsp3) is 0.133. The number of rotatable bonds is 5. The first-order valence-corrected chi connectivity index (χ1v) is 7.91. The Hall–Kier alpha value is -1.53. The minimum atomic E-state index is -0.202. The van der Waals surface area contributed by atoms with Crippen LogP contribution >= 0.6 is 31.9 Å². The van der Waals surface area contributed by atoms with Crippen molar-refractivity contribution in [2.75, 3.05) is 11.9 Å². The number of nitrogens with two attached hydrogens (primary N) is 1. The van der Waals surface area contributed by atoms with Crippen molar-refractivity contribution in [3.63, 3.8) is 0 Å². The van der Waals surface area contributed by atoms with E-state index in [2.05, 4.69) is 42.3 Å². The van der Waals surface area contributed by atoms with Gasteiger partial charge in [-0.15, -0.1) is 0 Å². The molecule has 4 N–H and O–H groups in total. The summed E-state index contributed by atoms with van der Waals surface area (Å²) in [4.78, 5) is 0. The largest absolute Gasteiger partial charge is 0.409 e. The van der Waals surface area contributed by atoms with Crippen LogP contribution < -0.4 is 11.1 Å². The average Bonchev–Trinajstić information content (AvgIpc) is 2.50. The summed E-state index contributed by atoms with van der Waals surface area (Å²) >= 11 is 6.92. The van der Waals surface area contributed by atoms with Crippen LogP contribution in [0.1, 0.15) is 11.5 Å². The van der Waals surface area contributed by atoms with E-state index in [-0.39, 0.29) is 11.8 Å². The summed E-state index contributed by atoms with van der Waals surface area (Å²) in [6, 6.07) is 15.6. The van der Waals surface area contributed by atoms with Crippen molar-refractivity contribution in [2.24, 2.45) is 10.9 Å². The molecule has 0 aliphatic rings. The molecule has 6 heteroatoms. The van der Waals surface area contributed by atoms with Gasteiger partial charge in [0.15, 0.2) is 0 Å². The molecule has 0 spiro atoms. The smallest absolute Gasteiger partial charge is 0.148 e. The van der Waals surface area contributed by atoms with Crippen molar-refractivity contribution in [3.05, 3.63) is 63.0 Å². The second-order valence-corrected chi connectivity index (χ2v) is 6.26. The Kier molecular flexibility index (Phi) is 5.64. The molecule has 0 radical (unpaired) electrons. The van der Waals surface area contributed by atoms with Crippen LogP contribution in [0.4, 0.5) is 5.69 Å². The lowest BCUT2D eigenvalue weighted by atomic mass is 9.98. The Bertz CT molecular complexity index is 632. The molecule has 0 aliphatic heterocycles. The van der Waals surface area contributed by atoms with Crippen LogP contribution in [0.2, 0.25) is 0 Å². The molecule has 2 aromatic carbocycles. The van der Waals surface area contributed by atoms with Gasteiger partial charge in [-0.2, -0.15) is 0 Å². The second-order valence-electron chi connectivity index (χ2n) is 4.49. The summed E-state index contributed by atoms with van der Waals surface area (Å²) < 4.78 is 1.94. The van der Waals surface area contributed by atoms with E-state index in [0.29, 0.717) is 6.54 Å². The molecule has 0 bridgehead atoms. The van der Waals surface area contributed by atoms with Crippen LogP contribution in [-0.4, -0.2) is 17.6 Å². The molecule has 1 atom stereocenters. The van der Waals surface area contributed by atoms with Crippen LogP contribution in [0.3, 0.4) is 0 Å². The molecular weight excluding hydrogens is 398 g/mol. The highest BCUT2D eigenvalue weighted by atomic mass is 79.9. The first kappa shape index (κ1) is 15.9. The van der Waals surface area contributed by atoms with Crippen molar-refractivity contribution in [2.45, 2.75) is 5.92 Å². The van der Waals surface area contributed by atoms with E-state index in [1.54, 1.807) is 0 Å². The lowest BCUT2D eigenvalue weighted by Crippen LogP contribution is -2.28. The van der Waals surface area contributed by atoms with E-state index >= 15 is 0 Å². The van der Waals surface area contributed by atoms with Crippen molar-refractivity contribution in [3.8, 4) is 0 Å². The number of hydrogen-bond acceptors (Lipinski definition) is 3. The first-order chi connectivity index (χ1) is 10.1. The number of halogens is 2. The Morgan fingerprint density at radius 3 is 2.52 bits per heavy atom. The summed E-state index contributed by atoms with van der Waals surface area (Å²) in [5, 5.41) is 15.4. The van der Waals surface area contributed by atoms with Gasteiger partial charge in [0.2, 0.25) is 0 Å². The van der Waals surface area contributed by atoms with Gasteiger partial charge in [-0.1, -0.05) is 51.4 Å². The minimum absolute atomic E-state index is 0.182. The van der Waals surface area contributed by atoms with Gasteiger partial charge in [-0.3, -0.25) is 0 Å². The standard InChI is InChI=1S/C15H15Br2N3O/c16-11-6-7-14(13(17)8-11)19-9-12(15(18)20-21)10-4-2-1-3-5-10/h1-8,12,19,21H,9H2,(H2,18,20). The van der Waals surface area contributed by atoms with Crippen LogP contribution in [-0.2, 0) is 0 Å². The molecule has 4 nitrogen and oxygen atoms in total. The van der Waals surface area contributed by atoms with Gasteiger partial charge < -0.3 is 16.3 Å². The highest BCUT2D eigenvalue weighted by molar-refractivity contribution is 9.11. The van der Waals surface area contributed by atoms with E-state index in [1.807, 2.05) is 48.5 Å². The zero-order valence-electron chi connectivity index (χ0n) is 11.1. The van der Waals surface area contributed by atoms with Gasteiger partial charge in [0.1, 0.15) is 5.84 Å². The molecule has 2 rings (SSSR count). The van der Waals surface area contributed by atoms with Crippen molar-refractivity contribution >= 4 is 43.4 Å². The molecule has 0 fully saturated rings. The summed E-state index contributed by atoms with van der Waals surface area (Å²) in [5.41, 5.74) is 7.76. The van der Waals surface area contributed by atoms with Gasteiger partial charge in [0.05, 0.1) is 5.92 Å². The van der Waals surface area contributed by atoms with E-state index in [9.17, 15) is 0 Å². The monoisotopic (exact) mass is 411 g/mol. The molecule has 21 heavy (non-hydrogen) atoms. The highest BCUT2D eigenvalue weighted by Gasteiger charge is 2.16. The first-order valence-electron chi connectivity index (χ1n) is 6.33. The molecule has 0 saturated carbocycles. The SMILES string of the molecule is NC(=NO)C(CNc1ccc(Br)cc1Br)c1ccccc1. The number of amidine groups is 1. The van der Waals surface area contributed by atoms with Crippen LogP contribution in [0.25, 0.3) is 0 Å². The summed E-state index contributed by atoms with van der Waals surface area (Å²) in [6.45, 7) is 0.528. The summed E-state index contributed by atoms with van der Waals surface area (Å²) in [7, 11) is 0. The molecular formula is C15H15Br2N3O. The van der Waals surface area contributed by atoms with E-state index in [1.165, 1.54) is 0 Å². The third kappa shape index (κ3) is 4.22. The minimum Gasteiger partial charge on any atom is -0.409 e. The number of anilines is 1. The Labute approximate surface area is 140 Å². The van der Waals surface area contributed by atoms with Crippen molar-refractivity contribution < 1.29 is 5.21 Å². The van der Waals surface area contributed by atoms with E-state index in [0.717, 1.165) is 20.2 Å². The lowest BCUT2D eigenvalue weighted by Gasteiger charge is -2.18. The molecule has 110 valence electrons. The van der Waals surface area contributed by atoms with Gasteiger partial charge in [0.25, 0.3) is 0 Å². The average molecular weight is 413 g/mol. The van der Waals surface area contributed by atoms with Crippen LogP contribution in [0.5, 0.6) is 0 Å². The molecule has 0 saturated heterocycles. The number of hydrogen-bond donors (Lipinski definition) is 3. The fourth-order valence-corrected chi connectivity index (χ4v) is 3.18. The van der Waals surface area contributed by atoms with Gasteiger partial charge in [-0.25, -0.2) is 0 Å². The summed E-state index contributed by atoms with van der Waals surface area (Å²) in [5.74, 6) is -0.0197. The van der Waals surface area contributed by atoms with Gasteiger partial charge in [0, 0.05) is 21.2 Å². The van der Waals surface area contributed by atoms with Crippen LogP contribution in [0.15, 0.2) is 62.6 Å². The molecule has 1 unspecified atom stereocenters. The topological polar surface area (TPSA) is 70.6 Å². The molecule has 0 heterocycles. The Balaban J connectivity index is 2.17. The van der Waals surface area contributed by atoms with E-state index in [4.69, 9.17) is 10.9 Å². The highest BCUT2D eigenvalue weighted by Crippen LogP contribution is 2.27. The third-order valence-electron chi connectivity index (χ3n) is 3.10. The lowest BCUT2D eigenvalue weighted by molar-refractivity contribution is 0.316. The number of nitrogens with zero attached hydrogens (tertiary/aromatic N) is 1. The normalized spacial score (nSPS) is 13.0. The van der Waals surface area contributed by atoms with Crippen molar-refractivity contribution in [1.82, 2.24) is 0 Å². The molecule has 0 aliphatic carbocycles. The maximum absolute atomic E-state index is 8.97. The maximum atomic E-state index is 8.97. The molecule has 0 amide bonds.